The number of anilines is 1. The van der Waals surface area contributed by atoms with Gasteiger partial charge in [0.1, 0.15) is 0 Å². The second-order valence-electron chi connectivity index (χ2n) is 3.84. The summed E-state index contributed by atoms with van der Waals surface area (Å²) >= 11 is 0. The Balaban J connectivity index is 2.89. The monoisotopic (exact) mass is 232 g/mol. The average Bonchev–Trinajstić information content (AvgIpc) is 2.31. The first-order valence-corrected chi connectivity index (χ1v) is 5.56. The van der Waals surface area contributed by atoms with E-state index in [1.807, 2.05) is 30.9 Å². The molecule has 0 amide bonds. The van der Waals surface area contributed by atoms with Crippen molar-refractivity contribution in [3.05, 3.63) is 29.3 Å². The van der Waals surface area contributed by atoms with E-state index in [2.05, 4.69) is 6.07 Å². The maximum atomic E-state index is 10.6. The number of nitriles is 1. The van der Waals surface area contributed by atoms with Crippen LogP contribution >= 0.6 is 0 Å². The Bertz CT molecular complexity index is 449. The molecule has 0 spiro atoms. The van der Waals surface area contributed by atoms with Gasteiger partial charge in [0.2, 0.25) is 0 Å². The molecular formula is C13H16N2O2. The number of hydrogen-bond donors (Lipinski definition) is 1. The van der Waals surface area contributed by atoms with Crippen LogP contribution in [-0.4, -0.2) is 24.2 Å². The summed E-state index contributed by atoms with van der Waals surface area (Å²) < 4.78 is 0. The molecule has 4 nitrogen and oxygen atoms in total. The molecule has 0 unspecified atom stereocenters. The summed E-state index contributed by atoms with van der Waals surface area (Å²) in [7, 11) is 0. The molecule has 1 aromatic rings. The lowest BCUT2D eigenvalue weighted by atomic mass is 10.1. The van der Waals surface area contributed by atoms with Crippen molar-refractivity contribution < 1.29 is 9.90 Å². The Labute approximate surface area is 101 Å². The fraction of sp³-hybridized carbons (Fsp3) is 0.385. The van der Waals surface area contributed by atoms with Crippen molar-refractivity contribution in [3.8, 4) is 6.07 Å². The van der Waals surface area contributed by atoms with Crippen LogP contribution in [0.1, 0.15) is 24.5 Å². The van der Waals surface area contributed by atoms with Gasteiger partial charge in [-0.25, -0.2) is 0 Å². The summed E-state index contributed by atoms with van der Waals surface area (Å²) in [5.74, 6) is -0.797. The fourth-order valence-electron chi connectivity index (χ4n) is 1.76. The first-order valence-electron chi connectivity index (χ1n) is 5.56. The third kappa shape index (κ3) is 3.49. The highest BCUT2D eigenvalue weighted by Crippen LogP contribution is 2.21. The largest absolute Gasteiger partial charge is 0.481 e. The molecule has 0 aliphatic rings. The maximum Gasteiger partial charge on any atom is 0.305 e. The number of carboxylic acid groups (broad SMARTS) is 1. The summed E-state index contributed by atoms with van der Waals surface area (Å²) in [6.45, 7) is 5.15. The summed E-state index contributed by atoms with van der Waals surface area (Å²) in [5.41, 5.74) is 2.62. The summed E-state index contributed by atoms with van der Waals surface area (Å²) in [5, 5.41) is 17.5. The van der Waals surface area contributed by atoms with Gasteiger partial charge < -0.3 is 10.0 Å². The van der Waals surface area contributed by atoms with Crippen molar-refractivity contribution in [2.24, 2.45) is 0 Å². The van der Waals surface area contributed by atoms with Gasteiger partial charge in [-0.3, -0.25) is 4.79 Å². The van der Waals surface area contributed by atoms with Crippen LogP contribution in [0.5, 0.6) is 0 Å². The zero-order valence-corrected chi connectivity index (χ0v) is 10.1. The molecule has 1 aromatic carbocycles. The Hall–Kier alpha value is -2.02. The lowest BCUT2D eigenvalue weighted by Crippen LogP contribution is -2.26. The lowest BCUT2D eigenvalue weighted by Gasteiger charge is -2.24. The van der Waals surface area contributed by atoms with E-state index in [9.17, 15) is 4.79 Å². The van der Waals surface area contributed by atoms with Crippen LogP contribution in [0.25, 0.3) is 0 Å². The number of benzene rings is 1. The summed E-state index contributed by atoms with van der Waals surface area (Å²) in [6.07, 6.45) is 0.118. The van der Waals surface area contributed by atoms with E-state index in [0.717, 1.165) is 17.8 Å². The molecule has 1 N–H and O–H groups in total. The molecular weight excluding hydrogens is 216 g/mol. The summed E-state index contributed by atoms with van der Waals surface area (Å²) in [6, 6.07) is 7.54. The number of aryl methyl sites for hydroxylation is 1. The quantitative estimate of drug-likeness (QED) is 0.845. The van der Waals surface area contributed by atoms with Gasteiger partial charge >= 0.3 is 5.97 Å². The molecule has 0 aliphatic carbocycles. The maximum absolute atomic E-state index is 10.6. The number of nitrogens with zero attached hydrogens (tertiary/aromatic N) is 2. The van der Waals surface area contributed by atoms with Gasteiger partial charge in [0.25, 0.3) is 0 Å². The van der Waals surface area contributed by atoms with Gasteiger partial charge in [0, 0.05) is 18.8 Å². The molecule has 0 saturated heterocycles. The number of carbonyl (C=O) groups is 1. The summed E-state index contributed by atoms with van der Waals surface area (Å²) in [4.78, 5) is 12.6. The molecule has 0 aliphatic heterocycles. The van der Waals surface area contributed by atoms with E-state index < -0.39 is 5.97 Å². The predicted molar refractivity (Wildman–Crippen MR) is 66.0 cm³/mol. The topological polar surface area (TPSA) is 64.3 Å². The second-order valence-corrected chi connectivity index (χ2v) is 3.84. The second kappa shape index (κ2) is 5.90. The van der Waals surface area contributed by atoms with E-state index in [-0.39, 0.29) is 6.42 Å². The standard InChI is InChI=1S/C13H16N2O2/c1-3-15(7-6-13(16)17)12-5-4-11(9-14)8-10(12)2/h4-5,8H,3,6-7H2,1-2H3,(H,16,17). The minimum Gasteiger partial charge on any atom is -0.481 e. The smallest absolute Gasteiger partial charge is 0.305 e. The van der Waals surface area contributed by atoms with Crippen LogP contribution in [-0.2, 0) is 4.79 Å². The van der Waals surface area contributed by atoms with Gasteiger partial charge in [-0.1, -0.05) is 0 Å². The Morgan fingerprint density at radius 2 is 2.24 bits per heavy atom. The molecule has 0 heterocycles. The average molecular weight is 232 g/mol. The van der Waals surface area contributed by atoms with E-state index >= 15 is 0 Å². The molecule has 0 saturated carbocycles. The molecule has 0 aromatic heterocycles. The Morgan fingerprint density at radius 3 is 2.71 bits per heavy atom. The van der Waals surface area contributed by atoms with E-state index in [0.29, 0.717) is 12.1 Å². The molecule has 0 bridgehead atoms. The molecule has 1 rings (SSSR count). The third-order valence-corrected chi connectivity index (χ3v) is 2.64. The first kappa shape index (κ1) is 13.0. The highest BCUT2D eigenvalue weighted by atomic mass is 16.4. The van der Waals surface area contributed by atoms with E-state index in [4.69, 9.17) is 10.4 Å². The van der Waals surface area contributed by atoms with Crippen molar-refractivity contribution in [1.82, 2.24) is 0 Å². The zero-order valence-electron chi connectivity index (χ0n) is 10.1. The van der Waals surface area contributed by atoms with Crippen LogP contribution in [0, 0.1) is 18.3 Å². The van der Waals surface area contributed by atoms with Gasteiger partial charge in [-0.2, -0.15) is 5.26 Å². The molecule has 0 fully saturated rings. The van der Waals surface area contributed by atoms with Crippen LogP contribution in [0.2, 0.25) is 0 Å². The highest BCUT2D eigenvalue weighted by molar-refractivity contribution is 5.68. The van der Waals surface area contributed by atoms with E-state index in [1.54, 1.807) is 6.07 Å². The molecule has 4 heteroatoms. The van der Waals surface area contributed by atoms with Crippen LogP contribution in [0.15, 0.2) is 18.2 Å². The van der Waals surface area contributed by atoms with Crippen molar-refractivity contribution in [2.45, 2.75) is 20.3 Å². The molecule has 90 valence electrons. The number of carboxylic acids is 1. The van der Waals surface area contributed by atoms with Gasteiger partial charge in [0.05, 0.1) is 18.1 Å². The Morgan fingerprint density at radius 1 is 1.53 bits per heavy atom. The predicted octanol–water partition coefficient (Wildman–Crippen LogP) is 2.17. The number of aliphatic carboxylic acids is 1. The van der Waals surface area contributed by atoms with Crippen LogP contribution < -0.4 is 4.90 Å². The van der Waals surface area contributed by atoms with Crippen molar-refractivity contribution in [1.29, 1.82) is 5.26 Å². The molecule has 0 radical (unpaired) electrons. The normalized spacial score (nSPS) is 9.71. The fourth-order valence-corrected chi connectivity index (χ4v) is 1.76. The SMILES string of the molecule is CCN(CCC(=O)O)c1ccc(C#N)cc1C. The zero-order chi connectivity index (χ0) is 12.8. The van der Waals surface area contributed by atoms with Gasteiger partial charge in [0.15, 0.2) is 0 Å². The van der Waals surface area contributed by atoms with Crippen molar-refractivity contribution in [2.75, 3.05) is 18.0 Å². The minimum atomic E-state index is -0.797. The van der Waals surface area contributed by atoms with Crippen molar-refractivity contribution in [3.63, 3.8) is 0 Å². The first-order chi connectivity index (χ1) is 8.08. The highest BCUT2D eigenvalue weighted by Gasteiger charge is 2.09. The van der Waals surface area contributed by atoms with Crippen molar-refractivity contribution >= 4 is 11.7 Å². The number of rotatable bonds is 5. The lowest BCUT2D eigenvalue weighted by molar-refractivity contribution is -0.136. The molecule has 0 atom stereocenters. The van der Waals surface area contributed by atoms with Crippen LogP contribution in [0.3, 0.4) is 0 Å². The van der Waals surface area contributed by atoms with Crippen LogP contribution in [0.4, 0.5) is 5.69 Å². The third-order valence-electron chi connectivity index (χ3n) is 2.64. The van der Waals surface area contributed by atoms with Gasteiger partial charge in [-0.15, -0.1) is 0 Å². The molecule has 17 heavy (non-hydrogen) atoms. The minimum absolute atomic E-state index is 0.118. The van der Waals surface area contributed by atoms with Gasteiger partial charge in [-0.05, 0) is 37.6 Å². The Kier molecular flexibility index (Phi) is 4.53. The number of hydrogen-bond acceptors (Lipinski definition) is 3. The van der Waals surface area contributed by atoms with E-state index in [1.165, 1.54) is 0 Å².